The number of aryl methyl sites for hydroxylation is 1. The molecule has 5 nitrogen and oxygen atoms in total. The minimum atomic E-state index is -0.595. The van der Waals surface area contributed by atoms with Crippen LogP contribution in [0.3, 0.4) is 0 Å². The molecular formula is C27H34O5S2. The highest BCUT2D eigenvalue weighted by atomic mass is 32.2. The van der Waals surface area contributed by atoms with Gasteiger partial charge in [-0.2, -0.15) is 11.8 Å². The van der Waals surface area contributed by atoms with Crippen molar-refractivity contribution >= 4 is 46.0 Å². The molecule has 184 valence electrons. The second-order valence-corrected chi connectivity index (χ2v) is 11.0. The first-order chi connectivity index (χ1) is 16.5. The number of thioether (sulfide) groups is 2. The molecule has 0 aromatic heterocycles. The molecule has 2 aromatic carbocycles. The van der Waals surface area contributed by atoms with Crippen LogP contribution in [0.5, 0.6) is 0 Å². The lowest BCUT2D eigenvalue weighted by atomic mass is 9.95. The Hall–Kier alpha value is -1.80. The van der Waals surface area contributed by atoms with Gasteiger partial charge in [0.05, 0.1) is 24.2 Å². The summed E-state index contributed by atoms with van der Waals surface area (Å²) in [5.41, 5.74) is 1.19. The van der Waals surface area contributed by atoms with Gasteiger partial charge >= 0.3 is 5.97 Å². The third-order valence-corrected chi connectivity index (χ3v) is 8.66. The van der Waals surface area contributed by atoms with Gasteiger partial charge in [0.1, 0.15) is 5.78 Å². The molecule has 0 spiro atoms. The van der Waals surface area contributed by atoms with Crippen LogP contribution < -0.4 is 0 Å². The Labute approximate surface area is 210 Å². The number of fused-ring (bicyclic) bond motifs is 1. The van der Waals surface area contributed by atoms with E-state index in [4.69, 9.17) is 0 Å². The zero-order chi connectivity index (χ0) is 24.3. The van der Waals surface area contributed by atoms with Gasteiger partial charge in [-0.3, -0.25) is 9.59 Å². The molecule has 7 heteroatoms. The molecule has 1 fully saturated rings. The zero-order valence-electron chi connectivity index (χ0n) is 19.6. The summed E-state index contributed by atoms with van der Waals surface area (Å²) < 4.78 is 4.63. The minimum Gasteiger partial charge on any atom is -0.468 e. The Kier molecular flexibility index (Phi) is 11.0. The fraction of sp³-hybridized carbons (Fsp3) is 0.481. The number of allylic oxidation sites excluding steroid dienone is 1. The van der Waals surface area contributed by atoms with Gasteiger partial charge in [0.2, 0.25) is 0 Å². The molecular weight excluding hydrogens is 468 g/mol. The van der Waals surface area contributed by atoms with E-state index in [1.165, 1.54) is 35.2 Å². The lowest BCUT2D eigenvalue weighted by Gasteiger charge is -2.19. The molecule has 2 N–H and O–H groups in total. The Balaban J connectivity index is 1.48. The van der Waals surface area contributed by atoms with Crippen molar-refractivity contribution in [3.8, 4) is 0 Å². The molecule has 4 atom stereocenters. The van der Waals surface area contributed by atoms with Crippen LogP contribution in [-0.4, -0.2) is 64.3 Å². The molecule has 0 saturated heterocycles. The summed E-state index contributed by atoms with van der Waals surface area (Å²) in [7, 11) is 1.38. The van der Waals surface area contributed by atoms with Crippen molar-refractivity contribution in [2.45, 2.75) is 37.0 Å². The standard InChI is InChI=1S/C27H34O5S2/c1-32-26(31)18-33-13-4-14-34-27-24(22(17-28)16-25(27)30)12-11-23(29)10-8-19-7-9-20-5-2-3-6-21(20)15-19/h2-3,5-7,9,11-12,15,22-24,27-29H,4,8,10,13-14,16-18H2,1H3/b12-11+/t22?,23?,24?,27-/m1/s1. The van der Waals surface area contributed by atoms with Gasteiger partial charge < -0.3 is 14.9 Å². The van der Waals surface area contributed by atoms with Crippen molar-refractivity contribution < 1.29 is 24.5 Å². The molecule has 0 amide bonds. The van der Waals surface area contributed by atoms with Gasteiger partial charge in [0, 0.05) is 18.9 Å². The lowest BCUT2D eigenvalue weighted by Crippen LogP contribution is -2.21. The molecule has 1 aliphatic rings. The normalized spacial score (nSPS) is 21.4. The summed E-state index contributed by atoms with van der Waals surface area (Å²) in [5, 5.41) is 22.6. The number of ketones is 1. The van der Waals surface area contributed by atoms with Crippen molar-refractivity contribution in [2.75, 3.05) is 31.0 Å². The average Bonchev–Trinajstić information content (AvgIpc) is 3.17. The van der Waals surface area contributed by atoms with E-state index in [0.29, 0.717) is 18.6 Å². The summed E-state index contributed by atoms with van der Waals surface area (Å²) in [4.78, 5) is 23.7. The van der Waals surface area contributed by atoms with E-state index in [2.05, 4.69) is 35.1 Å². The van der Waals surface area contributed by atoms with Crippen molar-refractivity contribution in [2.24, 2.45) is 11.8 Å². The molecule has 0 bridgehead atoms. The second-order valence-electron chi connectivity index (χ2n) is 8.64. The van der Waals surface area contributed by atoms with Gasteiger partial charge in [-0.15, -0.1) is 11.8 Å². The molecule has 1 aliphatic carbocycles. The number of hydrogen-bond acceptors (Lipinski definition) is 7. The predicted molar refractivity (Wildman–Crippen MR) is 141 cm³/mol. The first kappa shape index (κ1) is 26.8. The summed E-state index contributed by atoms with van der Waals surface area (Å²) in [5.74, 6) is 1.78. The van der Waals surface area contributed by atoms with Crippen LogP contribution in [0, 0.1) is 11.8 Å². The Morgan fingerprint density at radius 1 is 1.21 bits per heavy atom. The number of esters is 1. The molecule has 0 heterocycles. The van der Waals surface area contributed by atoms with Gasteiger partial charge in [-0.1, -0.05) is 54.6 Å². The summed E-state index contributed by atoms with van der Waals surface area (Å²) in [6, 6.07) is 14.6. The number of hydrogen-bond donors (Lipinski definition) is 2. The van der Waals surface area contributed by atoms with Crippen LogP contribution in [0.15, 0.2) is 54.6 Å². The summed E-state index contributed by atoms with van der Waals surface area (Å²) in [6.07, 6.45) is 5.80. The predicted octanol–water partition coefficient (Wildman–Crippen LogP) is 4.29. The highest BCUT2D eigenvalue weighted by molar-refractivity contribution is 8.01. The smallest absolute Gasteiger partial charge is 0.315 e. The van der Waals surface area contributed by atoms with E-state index in [1.807, 2.05) is 18.2 Å². The fourth-order valence-corrected chi connectivity index (χ4v) is 6.61. The van der Waals surface area contributed by atoms with E-state index in [-0.39, 0.29) is 35.4 Å². The SMILES string of the molecule is COC(=O)CSCCCS[C@H]1C(=O)CC(CO)C1/C=C/C(O)CCc1ccc2ccccc2c1. The largest absolute Gasteiger partial charge is 0.468 e. The number of ether oxygens (including phenoxy) is 1. The fourth-order valence-electron chi connectivity index (χ4n) is 4.27. The van der Waals surface area contributed by atoms with E-state index in [1.54, 1.807) is 17.8 Å². The number of benzene rings is 2. The molecule has 0 radical (unpaired) electrons. The van der Waals surface area contributed by atoms with Crippen LogP contribution in [0.4, 0.5) is 0 Å². The van der Waals surface area contributed by atoms with Crippen molar-refractivity contribution in [3.63, 3.8) is 0 Å². The minimum absolute atomic E-state index is 0.0278. The van der Waals surface area contributed by atoms with Crippen LogP contribution in [0.2, 0.25) is 0 Å². The molecule has 3 unspecified atom stereocenters. The number of carbonyl (C=O) groups is 2. The van der Waals surface area contributed by atoms with Crippen LogP contribution in [0.1, 0.15) is 24.8 Å². The maximum atomic E-state index is 12.6. The van der Waals surface area contributed by atoms with E-state index >= 15 is 0 Å². The van der Waals surface area contributed by atoms with Crippen molar-refractivity contribution in [3.05, 3.63) is 60.2 Å². The quantitative estimate of drug-likeness (QED) is 0.240. The third-order valence-electron chi connectivity index (χ3n) is 6.19. The summed E-state index contributed by atoms with van der Waals surface area (Å²) in [6.45, 7) is -0.0278. The topological polar surface area (TPSA) is 83.8 Å². The number of rotatable bonds is 13. The van der Waals surface area contributed by atoms with Crippen molar-refractivity contribution in [1.82, 2.24) is 0 Å². The monoisotopic (exact) mass is 502 g/mol. The van der Waals surface area contributed by atoms with Gasteiger partial charge in [0.15, 0.2) is 0 Å². The summed E-state index contributed by atoms with van der Waals surface area (Å²) >= 11 is 3.16. The Morgan fingerprint density at radius 3 is 2.76 bits per heavy atom. The first-order valence-electron chi connectivity index (χ1n) is 11.8. The average molecular weight is 503 g/mol. The molecule has 1 saturated carbocycles. The highest BCUT2D eigenvalue weighted by Crippen LogP contribution is 2.38. The van der Waals surface area contributed by atoms with Gasteiger partial charge in [-0.05, 0) is 53.0 Å². The molecule has 2 aromatic rings. The van der Waals surface area contributed by atoms with Crippen LogP contribution >= 0.6 is 23.5 Å². The number of Topliss-reactive ketones (excluding diaryl/α,β-unsaturated/α-hetero) is 1. The third kappa shape index (κ3) is 7.87. The zero-order valence-corrected chi connectivity index (χ0v) is 21.2. The number of aliphatic hydroxyl groups excluding tert-OH is 2. The second kappa shape index (κ2) is 13.9. The Bertz CT molecular complexity index is 976. The van der Waals surface area contributed by atoms with Crippen LogP contribution in [-0.2, 0) is 20.7 Å². The number of methoxy groups -OCH3 is 1. The van der Waals surface area contributed by atoms with Gasteiger partial charge in [0.25, 0.3) is 0 Å². The lowest BCUT2D eigenvalue weighted by molar-refractivity contribution is -0.137. The molecule has 34 heavy (non-hydrogen) atoms. The van der Waals surface area contributed by atoms with Crippen LogP contribution in [0.25, 0.3) is 10.8 Å². The maximum absolute atomic E-state index is 12.6. The van der Waals surface area contributed by atoms with Gasteiger partial charge in [-0.25, -0.2) is 0 Å². The maximum Gasteiger partial charge on any atom is 0.315 e. The molecule has 3 rings (SSSR count). The molecule has 0 aliphatic heterocycles. The van der Waals surface area contributed by atoms with E-state index in [0.717, 1.165) is 24.3 Å². The number of aliphatic hydroxyl groups is 2. The number of carbonyl (C=O) groups excluding carboxylic acids is 2. The Morgan fingerprint density at radius 2 is 2.00 bits per heavy atom. The highest BCUT2D eigenvalue weighted by Gasteiger charge is 2.40. The van der Waals surface area contributed by atoms with E-state index < -0.39 is 6.10 Å². The van der Waals surface area contributed by atoms with E-state index in [9.17, 15) is 19.8 Å². The van der Waals surface area contributed by atoms with Crippen molar-refractivity contribution in [1.29, 1.82) is 0 Å². The first-order valence-corrected chi connectivity index (χ1v) is 14.0.